The Morgan fingerprint density at radius 3 is 2.75 bits per heavy atom. The molecule has 2 aliphatic rings. The van der Waals surface area contributed by atoms with Gasteiger partial charge in [-0.05, 0) is 30.5 Å². The van der Waals surface area contributed by atoms with Crippen LogP contribution >= 0.6 is 0 Å². The van der Waals surface area contributed by atoms with E-state index >= 15 is 0 Å². The molecule has 0 saturated carbocycles. The van der Waals surface area contributed by atoms with Crippen molar-refractivity contribution in [3.63, 3.8) is 0 Å². The van der Waals surface area contributed by atoms with Gasteiger partial charge in [-0.2, -0.15) is 0 Å². The van der Waals surface area contributed by atoms with Gasteiger partial charge in [-0.3, -0.25) is 14.5 Å². The minimum Gasteiger partial charge on any atom is -0.454 e. The Bertz CT molecular complexity index is 620. The minimum absolute atomic E-state index is 0.147. The van der Waals surface area contributed by atoms with Gasteiger partial charge >= 0.3 is 0 Å². The van der Waals surface area contributed by atoms with Crippen LogP contribution in [0.4, 0.5) is 0 Å². The van der Waals surface area contributed by atoms with E-state index in [4.69, 9.17) is 15.2 Å². The zero-order valence-corrected chi connectivity index (χ0v) is 13.7. The van der Waals surface area contributed by atoms with Gasteiger partial charge in [0, 0.05) is 32.6 Å². The van der Waals surface area contributed by atoms with Crippen molar-refractivity contribution in [3.05, 3.63) is 23.8 Å². The molecular weight excluding hydrogens is 310 g/mol. The summed E-state index contributed by atoms with van der Waals surface area (Å²) in [6, 6.07) is 5.79. The van der Waals surface area contributed by atoms with Crippen molar-refractivity contribution in [2.24, 2.45) is 5.73 Å². The fraction of sp³-hybridized carbons (Fsp3) is 0.529. The predicted molar refractivity (Wildman–Crippen MR) is 87.7 cm³/mol. The molecule has 0 bridgehead atoms. The summed E-state index contributed by atoms with van der Waals surface area (Å²) in [4.78, 5) is 27.4. The molecule has 1 fully saturated rings. The molecule has 2 heterocycles. The monoisotopic (exact) mass is 333 g/mol. The summed E-state index contributed by atoms with van der Waals surface area (Å²) in [6.07, 6.45) is 2.01. The van der Waals surface area contributed by atoms with E-state index in [1.165, 1.54) is 0 Å². The standard InChI is InChI=1S/C17H23N3O4/c18-16(21)11-19-6-1-7-20(9-8-19)17(22)5-3-13-2-4-14-15(10-13)24-12-23-14/h2,4,10H,1,3,5-9,11-12H2,(H2,18,21). The van der Waals surface area contributed by atoms with E-state index in [0.717, 1.165) is 36.6 Å². The van der Waals surface area contributed by atoms with Gasteiger partial charge in [0.25, 0.3) is 0 Å². The smallest absolute Gasteiger partial charge is 0.231 e. The summed E-state index contributed by atoms with van der Waals surface area (Å²) in [5.41, 5.74) is 6.31. The van der Waals surface area contributed by atoms with Gasteiger partial charge in [0.15, 0.2) is 11.5 Å². The molecule has 0 unspecified atom stereocenters. The molecule has 2 amide bonds. The number of nitrogens with zero attached hydrogens (tertiary/aromatic N) is 2. The summed E-state index contributed by atoms with van der Waals surface area (Å²) in [6.45, 7) is 3.39. The first kappa shape index (κ1) is 16.6. The first-order chi connectivity index (χ1) is 11.6. The van der Waals surface area contributed by atoms with Crippen molar-refractivity contribution in [1.29, 1.82) is 0 Å². The number of carbonyl (C=O) groups excluding carboxylic acids is 2. The first-order valence-electron chi connectivity index (χ1n) is 8.29. The number of amides is 2. The molecule has 1 aromatic rings. The SMILES string of the molecule is NC(=O)CN1CCCN(C(=O)CCc2ccc3c(c2)OCO3)CC1. The first-order valence-corrected chi connectivity index (χ1v) is 8.29. The second-order valence-electron chi connectivity index (χ2n) is 6.16. The number of nitrogens with two attached hydrogens (primary N) is 1. The molecule has 1 saturated heterocycles. The Kier molecular flexibility index (Phi) is 5.20. The molecule has 2 aliphatic heterocycles. The Balaban J connectivity index is 1.49. The highest BCUT2D eigenvalue weighted by atomic mass is 16.7. The molecule has 0 atom stereocenters. The second-order valence-corrected chi connectivity index (χ2v) is 6.16. The lowest BCUT2D eigenvalue weighted by Crippen LogP contribution is -2.38. The van der Waals surface area contributed by atoms with Crippen molar-refractivity contribution in [3.8, 4) is 11.5 Å². The molecule has 0 spiro atoms. The molecule has 0 aliphatic carbocycles. The molecule has 2 N–H and O–H groups in total. The zero-order valence-electron chi connectivity index (χ0n) is 13.7. The number of benzene rings is 1. The maximum absolute atomic E-state index is 12.4. The highest BCUT2D eigenvalue weighted by molar-refractivity contribution is 5.77. The summed E-state index contributed by atoms with van der Waals surface area (Å²) in [5, 5.41) is 0. The number of primary amides is 1. The Labute approximate surface area is 141 Å². The largest absolute Gasteiger partial charge is 0.454 e. The molecule has 7 heteroatoms. The van der Waals surface area contributed by atoms with Crippen LogP contribution in [0.1, 0.15) is 18.4 Å². The highest BCUT2D eigenvalue weighted by Crippen LogP contribution is 2.32. The number of ether oxygens (including phenoxy) is 2. The van der Waals surface area contributed by atoms with Crippen LogP contribution in [-0.4, -0.2) is 61.1 Å². The zero-order chi connectivity index (χ0) is 16.9. The van der Waals surface area contributed by atoms with E-state index in [2.05, 4.69) is 0 Å². The predicted octanol–water partition coefficient (Wildman–Crippen LogP) is 0.367. The average molecular weight is 333 g/mol. The van der Waals surface area contributed by atoms with Crippen LogP contribution in [0.15, 0.2) is 18.2 Å². The second kappa shape index (κ2) is 7.53. The number of carbonyl (C=O) groups is 2. The molecule has 130 valence electrons. The lowest BCUT2D eigenvalue weighted by atomic mass is 10.1. The summed E-state index contributed by atoms with van der Waals surface area (Å²) < 4.78 is 10.7. The number of rotatable bonds is 5. The molecule has 24 heavy (non-hydrogen) atoms. The third-order valence-corrected chi connectivity index (χ3v) is 4.39. The van der Waals surface area contributed by atoms with E-state index in [1.54, 1.807) is 0 Å². The Morgan fingerprint density at radius 1 is 1.08 bits per heavy atom. The molecular formula is C17H23N3O4. The number of aryl methyl sites for hydroxylation is 1. The maximum atomic E-state index is 12.4. The van der Waals surface area contributed by atoms with Crippen LogP contribution in [0.5, 0.6) is 11.5 Å². The van der Waals surface area contributed by atoms with Crippen molar-refractivity contribution in [2.75, 3.05) is 39.5 Å². The average Bonchev–Trinajstić information content (AvgIpc) is 2.90. The van der Waals surface area contributed by atoms with Crippen molar-refractivity contribution >= 4 is 11.8 Å². The molecule has 0 radical (unpaired) electrons. The lowest BCUT2D eigenvalue weighted by Gasteiger charge is -2.21. The van der Waals surface area contributed by atoms with E-state index in [0.29, 0.717) is 25.9 Å². The van der Waals surface area contributed by atoms with Gasteiger partial charge in [-0.15, -0.1) is 0 Å². The Morgan fingerprint density at radius 2 is 1.92 bits per heavy atom. The summed E-state index contributed by atoms with van der Waals surface area (Å²) in [7, 11) is 0. The highest BCUT2D eigenvalue weighted by Gasteiger charge is 2.20. The van der Waals surface area contributed by atoms with Crippen molar-refractivity contribution in [2.45, 2.75) is 19.3 Å². The van der Waals surface area contributed by atoms with Gasteiger partial charge in [-0.25, -0.2) is 0 Å². The van der Waals surface area contributed by atoms with Crippen LogP contribution in [0.3, 0.4) is 0 Å². The molecule has 3 rings (SSSR count). The number of fused-ring (bicyclic) bond motifs is 1. The van der Waals surface area contributed by atoms with E-state index < -0.39 is 0 Å². The van der Waals surface area contributed by atoms with Gasteiger partial charge in [0.05, 0.1) is 6.54 Å². The van der Waals surface area contributed by atoms with E-state index in [-0.39, 0.29) is 25.2 Å². The van der Waals surface area contributed by atoms with Crippen LogP contribution in [-0.2, 0) is 16.0 Å². The third-order valence-electron chi connectivity index (χ3n) is 4.39. The van der Waals surface area contributed by atoms with Crippen molar-refractivity contribution < 1.29 is 19.1 Å². The fourth-order valence-corrected chi connectivity index (χ4v) is 3.10. The van der Waals surface area contributed by atoms with Gasteiger partial charge < -0.3 is 20.1 Å². The maximum Gasteiger partial charge on any atom is 0.231 e. The van der Waals surface area contributed by atoms with Crippen LogP contribution in [0.25, 0.3) is 0 Å². The van der Waals surface area contributed by atoms with Gasteiger partial charge in [0.1, 0.15) is 0 Å². The van der Waals surface area contributed by atoms with Crippen LogP contribution < -0.4 is 15.2 Å². The number of hydrogen-bond acceptors (Lipinski definition) is 5. The molecule has 7 nitrogen and oxygen atoms in total. The lowest BCUT2D eigenvalue weighted by molar-refractivity contribution is -0.131. The number of hydrogen-bond donors (Lipinski definition) is 1. The normalized spacial score (nSPS) is 17.6. The topological polar surface area (TPSA) is 85.1 Å². The van der Waals surface area contributed by atoms with E-state index in [9.17, 15) is 9.59 Å². The van der Waals surface area contributed by atoms with E-state index in [1.807, 2.05) is 28.0 Å². The van der Waals surface area contributed by atoms with Gasteiger partial charge in [0.2, 0.25) is 18.6 Å². The Hall–Kier alpha value is -2.28. The van der Waals surface area contributed by atoms with Gasteiger partial charge in [-0.1, -0.05) is 6.07 Å². The van der Waals surface area contributed by atoms with Crippen LogP contribution in [0.2, 0.25) is 0 Å². The fourth-order valence-electron chi connectivity index (χ4n) is 3.10. The quantitative estimate of drug-likeness (QED) is 0.841. The summed E-state index contributed by atoms with van der Waals surface area (Å²) >= 11 is 0. The van der Waals surface area contributed by atoms with Crippen LogP contribution in [0, 0.1) is 0 Å². The molecule has 0 aromatic heterocycles. The van der Waals surface area contributed by atoms with Crippen molar-refractivity contribution in [1.82, 2.24) is 9.80 Å². The molecule has 1 aromatic carbocycles. The summed E-state index contributed by atoms with van der Waals surface area (Å²) in [5.74, 6) is 1.33. The third kappa shape index (κ3) is 4.17. The minimum atomic E-state index is -0.322.